The third-order valence-electron chi connectivity index (χ3n) is 3.30. The topological polar surface area (TPSA) is 43.1 Å². The maximum Gasteiger partial charge on any atom is 0.199 e. The first kappa shape index (κ1) is 12.6. The van der Waals surface area contributed by atoms with Crippen molar-refractivity contribution in [1.29, 1.82) is 0 Å². The van der Waals surface area contributed by atoms with Crippen LogP contribution in [0.1, 0.15) is 0 Å². The molecule has 4 aromatic rings. The molecule has 0 N–H and O–H groups in total. The van der Waals surface area contributed by atoms with Gasteiger partial charge in [0.05, 0.1) is 16.1 Å². The van der Waals surface area contributed by atoms with Crippen LogP contribution in [0.3, 0.4) is 0 Å². The molecule has 0 amide bonds. The first-order valence-corrected chi connectivity index (χ1v) is 7.05. The van der Waals surface area contributed by atoms with Crippen molar-refractivity contribution in [2.24, 2.45) is 0 Å². The number of hydrogen-bond acceptors (Lipinski definition) is 3. The smallest absolute Gasteiger partial charge is 0.199 e. The molecule has 2 heterocycles. The van der Waals surface area contributed by atoms with Gasteiger partial charge in [0.15, 0.2) is 16.6 Å². The third-order valence-corrected chi connectivity index (χ3v) is 3.89. The normalized spacial score (nSPS) is 11.3. The van der Waals surface area contributed by atoms with Crippen LogP contribution < -0.4 is 0 Å². The molecule has 0 aliphatic rings. The van der Waals surface area contributed by atoms with Crippen LogP contribution in [0, 0.1) is 0 Å². The van der Waals surface area contributed by atoms with Crippen LogP contribution in [-0.2, 0) is 0 Å². The number of benzene rings is 2. The van der Waals surface area contributed by atoms with E-state index in [4.69, 9.17) is 23.2 Å². The summed E-state index contributed by atoms with van der Waals surface area (Å²) >= 11 is 12.5. The van der Waals surface area contributed by atoms with E-state index >= 15 is 0 Å². The summed E-state index contributed by atoms with van der Waals surface area (Å²) in [6.45, 7) is 0. The van der Waals surface area contributed by atoms with Crippen LogP contribution in [0.5, 0.6) is 0 Å². The zero-order valence-corrected chi connectivity index (χ0v) is 12.2. The molecule has 4 rings (SSSR count). The molecule has 0 aliphatic carbocycles. The van der Waals surface area contributed by atoms with E-state index in [0.29, 0.717) is 21.6 Å². The lowest BCUT2D eigenvalue weighted by Gasteiger charge is -2.06. The highest BCUT2D eigenvalue weighted by Crippen LogP contribution is 2.30. The van der Waals surface area contributed by atoms with E-state index in [1.165, 1.54) is 0 Å². The third kappa shape index (κ3) is 1.87. The van der Waals surface area contributed by atoms with Gasteiger partial charge in [-0.05, 0) is 24.3 Å². The van der Waals surface area contributed by atoms with E-state index in [-0.39, 0.29) is 0 Å². The van der Waals surface area contributed by atoms with Crippen molar-refractivity contribution in [2.75, 3.05) is 0 Å². The Hall–Kier alpha value is -2.17. The Kier molecular flexibility index (Phi) is 2.80. The van der Waals surface area contributed by atoms with Gasteiger partial charge in [-0.25, -0.2) is 4.98 Å². The second-order valence-electron chi connectivity index (χ2n) is 4.55. The molecule has 6 heteroatoms. The lowest BCUT2D eigenvalue weighted by Crippen LogP contribution is -1.95. The van der Waals surface area contributed by atoms with E-state index in [2.05, 4.69) is 15.2 Å². The van der Waals surface area contributed by atoms with E-state index in [0.717, 1.165) is 16.6 Å². The Morgan fingerprint density at radius 2 is 1.62 bits per heavy atom. The van der Waals surface area contributed by atoms with Crippen LogP contribution >= 0.6 is 23.2 Å². The predicted molar refractivity (Wildman–Crippen MR) is 83.7 cm³/mol. The number of fused-ring (bicyclic) bond motifs is 3. The molecule has 0 fully saturated rings. The second-order valence-corrected chi connectivity index (χ2v) is 5.32. The molecule has 0 bridgehead atoms. The Labute approximate surface area is 130 Å². The van der Waals surface area contributed by atoms with Gasteiger partial charge in [-0.1, -0.05) is 47.5 Å². The number of nitrogens with zero attached hydrogens (tertiary/aromatic N) is 4. The molecule has 4 nitrogen and oxygen atoms in total. The Morgan fingerprint density at radius 1 is 0.857 bits per heavy atom. The van der Waals surface area contributed by atoms with E-state index < -0.39 is 0 Å². The van der Waals surface area contributed by atoms with Crippen LogP contribution in [-0.4, -0.2) is 19.6 Å². The molecule has 102 valence electrons. The molecular formula is C15H8Cl2N4. The number of aromatic nitrogens is 4. The highest BCUT2D eigenvalue weighted by atomic mass is 35.5. The van der Waals surface area contributed by atoms with Crippen LogP contribution in [0.25, 0.3) is 28.1 Å². The van der Waals surface area contributed by atoms with E-state index in [1.807, 2.05) is 52.9 Å². The van der Waals surface area contributed by atoms with Gasteiger partial charge in [-0.2, -0.15) is 0 Å². The van der Waals surface area contributed by atoms with Crippen molar-refractivity contribution >= 4 is 39.9 Å². The van der Waals surface area contributed by atoms with E-state index in [9.17, 15) is 0 Å². The molecule has 2 aromatic heterocycles. The van der Waals surface area contributed by atoms with E-state index in [1.54, 1.807) is 0 Å². The largest absolute Gasteiger partial charge is 0.271 e. The van der Waals surface area contributed by atoms with Gasteiger partial charge in [0.1, 0.15) is 0 Å². The fourth-order valence-corrected chi connectivity index (χ4v) is 2.80. The lowest BCUT2D eigenvalue weighted by molar-refractivity contribution is 1.12. The molecule has 0 atom stereocenters. The van der Waals surface area contributed by atoms with Crippen molar-refractivity contribution in [3.05, 3.63) is 58.7 Å². The van der Waals surface area contributed by atoms with Crippen molar-refractivity contribution in [3.63, 3.8) is 0 Å². The van der Waals surface area contributed by atoms with Crippen LogP contribution in [0.2, 0.25) is 10.2 Å². The first-order chi connectivity index (χ1) is 10.3. The minimum atomic E-state index is 0.319. The second kappa shape index (κ2) is 4.69. The summed E-state index contributed by atoms with van der Waals surface area (Å²) in [6.07, 6.45) is 0. The number of para-hydroxylation sites is 2. The average molecular weight is 315 g/mol. The van der Waals surface area contributed by atoms with Gasteiger partial charge in [-0.3, -0.25) is 4.40 Å². The molecule has 2 aromatic carbocycles. The highest BCUT2D eigenvalue weighted by molar-refractivity contribution is 6.33. The predicted octanol–water partition coefficient (Wildman–Crippen LogP) is 4.25. The van der Waals surface area contributed by atoms with Crippen molar-refractivity contribution < 1.29 is 0 Å². The highest BCUT2D eigenvalue weighted by Gasteiger charge is 2.16. The van der Waals surface area contributed by atoms with Gasteiger partial charge in [0, 0.05) is 5.56 Å². The summed E-state index contributed by atoms with van der Waals surface area (Å²) in [5, 5.41) is 9.32. The zero-order valence-electron chi connectivity index (χ0n) is 10.7. The molecule has 0 unspecified atom stereocenters. The maximum absolute atomic E-state index is 6.28. The number of hydrogen-bond donors (Lipinski definition) is 0. The minimum absolute atomic E-state index is 0.319. The van der Waals surface area contributed by atoms with Gasteiger partial charge in [0.2, 0.25) is 0 Å². The van der Waals surface area contributed by atoms with Crippen LogP contribution in [0.4, 0.5) is 0 Å². The standard InChI is InChI=1S/C15H8Cl2N4/c16-10-6-2-1-5-9(10)14-19-20-15-13(17)18-11-7-3-4-8-12(11)21(14)15/h1-8H. The van der Waals surface area contributed by atoms with Crippen molar-refractivity contribution in [2.45, 2.75) is 0 Å². The number of halogens is 2. The molecular weight excluding hydrogens is 307 g/mol. The van der Waals surface area contributed by atoms with Crippen LogP contribution in [0.15, 0.2) is 48.5 Å². The SMILES string of the molecule is Clc1ccccc1-c1nnc2c(Cl)nc3ccccc3n12. The molecule has 21 heavy (non-hydrogen) atoms. The molecule has 0 saturated heterocycles. The van der Waals surface area contributed by atoms with Crippen molar-refractivity contribution in [3.8, 4) is 11.4 Å². The lowest BCUT2D eigenvalue weighted by atomic mass is 10.2. The zero-order chi connectivity index (χ0) is 14.4. The molecule has 0 aliphatic heterocycles. The summed E-state index contributed by atoms with van der Waals surface area (Å²) in [4.78, 5) is 4.34. The summed E-state index contributed by atoms with van der Waals surface area (Å²) in [6, 6.07) is 15.2. The molecule has 0 saturated carbocycles. The number of rotatable bonds is 1. The van der Waals surface area contributed by atoms with Crippen molar-refractivity contribution in [1.82, 2.24) is 19.6 Å². The fourth-order valence-electron chi connectivity index (χ4n) is 2.37. The minimum Gasteiger partial charge on any atom is -0.271 e. The fraction of sp³-hybridized carbons (Fsp3) is 0. The van der Waals surface area contributed by atoms with Gasteiger partial charge in [-0.15, -0.1) is 10.2 Å². The van der Waals surface area contributed by atoms with Gasteiger partial charge in [0.25, 0.3) is 0 Å². The Bertz CT molecular complexity index is 978. The Balaban J connectivity index is 2.19. The van der Waals surface area contributed by atoms with Gasteiger partial charge < -0.3 is 0 Å². The van der Waals surface area contributed by atoms with Gasteiger partial charge >= 0.3 is 0 Å². The first-order valence-electron chi connectivity index (χ1n) is 6.30. The summed E-state index contributed by atoms with van der Waals surface area (Å²) in [5.74, 6) is 0.649. The Morgan fingerprint density at radius 3 is 2.48 bits per heavy atom. The quantitative estimate of drug-likeness (QED) is 0.527. The summed E-state index contributed by atoms with van der Waals surface area (Å²) in [5.41, 5.74) is 2.99. The average Bonchev–Trinajstić information content (AvgIpc) is 2.93. The molecule has 0 spiro atoms. The summed E-state index contributed by atoms with van der Waals surface area (Å²) < 4.78 is 1.88. The maximum atomic E-state index is 6.28. The monoisotopic (exact) mass is 314 g/mol. The molecule has 0 radical (unpaired) electrons. The summed E-state index contributed by atoms with van der Waals surface area (Å²) in [7, 11) is 0.